The van der Waals surface area contributed by atoms with E-state index >= 15 is 0 Å². The molecule has 1 aromatic heterocycles. The molecule has 0 bridgehead atoms. The van der Waals surface area contributed by atoms with Gasteiger partial charge in [-0.1, -0.05) is 5.21 Å². The molecule has 0 unspecified atom stereocenters. The van der Waals surface area contributed by atoms with Crippen LogP contribution in [0.5, 0.6) is 0 Å². The molecular formula is C2H4N4S. The zero-order valence-corrected chi connectivity index (χ0v) is 4.34. The number of anilines is 1. The van der Waals surface area contributed by atoms with E-state index < -0.39 is 0 Å². The van der Waals surface area contributed by atoms with Gasteiger partial charge in [0.1, 0.15) is 0 Å². The van der Waals surface area contributed by atoms with Gasteiger partial charge in [0.05, 0.1) is 6.20 Å². The second-order valence-corrected chi connectivity index (χ2v) is 1.47. The van der Waals surface area contributed by atoms with E-state index in [1.54, 1.807) is 0 Å². The Hall–Kier alpha value is -0.710. The number of nitrogens with two attached hydrogens (primary N) is 1. The second-order valence-electron chi connectivity index (χ2n) is 1.06. The summed E-state index contributed by atoms with van der Waals surface area (Å²) in [5.41, 5.74) is 5.14. The summed E-state index contributed by atoms with van der Waals surface area (Å²) in [5, 5.41) is 6.85. The van der Waals surface area contributed by atoms with Crippen LogP contribution in [-0.2, 0) is 0 Å². The van der Waals surface area contributed by atoms with Crippen molar-refractivity contribution in [2.45, 2.75) is 0 Å². The number of nitrogen functional groups attached to an aromatic ring is 1. The number of rotatable bonds is 0. The molecule has 0 radical (unpaired) electrons. The standard InChI is InChI=1S/C2H4N4S/c3-2-1-6(7)5-4-2/h1,7H,3H2. The average Bonchev–Trinajstić information content (AvgIpc) is 1.87. The lowest BCUT2D eigenvalue weighted by Gasteiger charge is -1.73. The number of hydrogen-bond donors (Lipinski definition) is 2. The van der Waals surface area contributed by atoms with Gasteiger partial charge in [-0.25, -0.2) is 0 Å². The van der Waals surface area contributed by atoms with Crippen molar-refractivity contribution in [3.8, 4) is 0 Å². The molecule has 7 heavy (non-hydrogen) atoms. The van der Waals surface area contributed by atoms with E-state index in [9.17, 15) is 0 Å². The molecule has 0 aliphatic rings. The molecule has 0 spiro atoms. The molecule has 2 N–H and O–H groups in total. The number of hydrogen-bond acceptors (Lipinski definition) is 4. The smallest absolute Gasteiger partial charge is 0.167 e. The minimum atomic E-state index is 0.384. The first-order valence-corrected chi connectivity index (χ1v) is 2.06. The van der Waals surface area contributed by atoms with Crippen molar-refractivity contribution in [3.63, 3.8) is 0 Å². The van der Waals surface area contributed by atoms with Crippen molar-refractivity contribution in [1.29, 1.82) is 0 Å². The van der Waals surface area contributed by atoms with Crippen LogP contribution in [-0.4, -0.2) is 14.4 Å². The van der Waals surface area contributed by atoms with E-state index in [-0.39, 0.29) is 0 Å². The molecule has 0 saturated heterocycles. The zero-order chi connectivity index (χ0) is 5.28. The molecule has 0 amide bonds. The van der Waals surface area contributed by atoms with Gasteiger partial charge in [-0.3, -0.25) is 0 Å². The molecule has 0 fully saturated rings. The van der Waals surface area contributed by atoms with Gasteiger partial charge in [0.25, 0.3) is 0 Å². The van der Waals surface area contributed by atoms with Crippen LogP contribution >= 0.6 is 12.8 Å². The van der Waals surface area contributed by atoms with Crippen molar-refractivity contribution in [2.24, 2.45) is 0 Å². The zero-order valence-electron chi connectivity index (χ0n) is 3.44. The van der Waals surface area contributed by atoms with Crippen molar-refractivity contribution >= 4 is 18.6 Å². The first kappa shape index (κ1) is 4.45. The summed E-state index contributed by atoms with van der Waals surface area (Å²) >= 11 is 3.77. The molecule has 0 saturated carbocycles. The highest BCUT2D eigenvalue weighted by Crippen LogP contribution is 1.91. The fraction of sp³-hybridized carbons (Fsp3) is 0. The highest BCUT2D eigenvalue weighted by molar-refractivity contribution is 7.78. The number of nitrogens with zero attached hydrogens (tertiary/aromatic N) is 3. The Morgan fingerprint density at radius 2 is 2.57 bits per heavy atom. The quantitative estimate of drug-likeness (QED) is 0.451. The number of thiol groups is 1. The Morgan fingerprint density at radius 1 is 1.86 bits per heavy atom. The van der Waals surface area contributed by atoms with E-state index in [1.165, 1.54) is 10.3 Å². The minimum absolute atomic E-state index is 0.384. The Bertz CT molecular complexity index is 142. The van der Waals surface area contributed by atoms with Gasteiger partial charge in [0, 0.05) is 0 Å². The van der Waals surface area contributed by atoms with Gasteiger partial charge in [-0.15, -0.1) is 5.10 Å². The third-order valence-electron chi connectivity index (χ3n) is 0.500. The summed E-state index contributed by atoms with van der Waals surface area (Å²) in [4.78, 5) is 0. The lowest BCUT2D eigenvalue weighted by molar-refractivity contribution is 0.899. The predicted molar refractivity (Wildman–Crippen MR) is 28.8 cm³/mol. The van der Waals surface area contributed by atoms with Crippen molar-refractivity contribution in [1.82, 2.24) is 14.4 Å². The summed E-state index contributed by atoms with van der Waals surface area (Å²) in [6, 6.07) is 0. The van der Waals surface area contributed by atoms with Crippen LogP contribution in [0.2, 0.25) is 0 Å². The molecule has 0 aliphatic heterocycles. The van der Waals surface area contributed by atoms with Crippen molar-refractivity contribution < 1.29 is 0 Å². The van der Waals surface area contributed by atoms with Gasteiger partial charge in [-0.2, -0.15) is 4.09 Å². The van der Waals surface area contributed by atoms with Crippen LogP contribution in [0.3, 0.4) is 0 Å². The highest BCUT2D eigenvalue weighted by Gasteiger charge is 1.85. The molecule has 5 heteroatoms. The van der Waals surface area contributed by atoms with E-state index in [1.807, 2.05) is 0 Å². The normalized spacial score (nSPS) is 9.29. The van der Waals surface area contributed by atoms with E-state index in [2.05, 4.69) is 23.1 Å². The monoisotopic (exact) mass is 116 g/mol. The molecular weight excluding hydrogens is 112 g/mol. The summed E-state index contributed by atoms with van der Waals surface area (Å²) in [5.74, 6) is 0.384. The van der Waals surface area contributed by atoms with Crippen molar-refractivity contribution in [3.05, 3.63) is 6.20 Å². The topological polar surface area (TPSA) is 56.7 Å². The van der Waals surface area contributed by atoms with Gasteiger partial charge < -0.3 is 5.73 Å². The predicted octanol–water partition coefficient (Wildman–Crippen LogP) is -0.447. The van der Waals surface area contributed by atoms with Gasteiger partial charge >= 0.3 is 0 Å². The van der Waals surface area contributed by atoms with E-state index in [0.717, 1.165) is 0 Å². The third kappa shape index (κ3) is 0.833. The van der Waals surface area contributed by atoms with Gasteiger partial charge in [0.15, 0.2) is 5.82 Å². The summed E-state index contributed by atoms with van der Waals surface area (Å²) in [6.45, 7) is 0. The maximum absolute atomic E-state index is 5.14. The molecule has 38 valence electrons. The number of aromatic nitrogens is 3. The lowest BCUT2D eigenvalue weighted by atomic mass is 10.8. The minimum Gasteiger partial charge on any atom is -0.381 e. The molecule has 0 atom stereocenters. The maximum atomic E-state index is 5.14. The Labute approximate surface area is 45.9 Å². The third-order valence-corrected chi connectivity index (χ3v) is 0.695. The van der Waals surface area contributed by atoms with Crippen LogP contribution in [0.25, 0.3) is 0 Å². The molecule has 4 nitrogen and oxygen atoms in total. The molecule has 1 rings (SSSR count). The average molecular weight is 116 g/mol. The molecule has 1 aromatic rings. The molecule has 1 heterocycles. The Balaban J connectivity index is 3.04. The van der Waals surface area contributed by atoms with Gasteiger partial charge in [0.2, 0.25) is 0 Å². The van der Waals surface area contributed by atoms with E-state index in [4.69, 9.17) is 5.73 Å². The largest absolute Gasteiger partial charge is 0.381 e. The molecule has 0 aliphatic carbocycles. The molecule has 0 aromatic carbocycles. The van der Waals surface area contributed by atoms with Crippen LogP contribution in [0, 0.1) is 0 Å². The van der Waals surface area contributed by atoms with Crippen LogP contribution in [0.1, 0.15) is 0 Å². The Morgan fingerprint density at radius 3 is 2.71 bits per heavy atom. The highest BCUT2D eigenvalue weighted by atomic mass is 32.1. The van der Waals surface area contributed by atoms with Crippen LogP contribution in [0.4, 0.5) is 5.82 Å². The fourth-order valence-corrected chi connectivity index (χ4v) is 0.426. The first-order valence-electron chi connectivity index (χ1n) is 1.66. The second kappa shape index (κ2) is 1.42. The fourth-order valence-electron chi connectivity index (χ4n) is 0.267. The SMILES string of the molecule is Nc1cn(S)nn1. The Kier molecular flexibility index (Phi) is 0.900. The van der Waals surface area contributed by atoms with Crippen molar-refractivity contribution in [2.75, 3.05) is 5.73 Å². The summed E-state index contributed by atoms with van der Waals surface area (Å²) in [6.07, 6.45) is 1.50. The van der Waals surface area contributed by atoms with Gasteiger partial charge in [-0.05, 0) is 12.8 Å². The summed E-state index contributed by atoms with van der Waals surface area (Å²) < 4.78 is 1.25. The lowest BCUT2D eigenvalue weighted by Crippen LogP contribution is -1.81. The van der Waals surface area contributed by atoms with Crippen LogP contribution in [0.15, 0.2) is 6.20 Å². The van der Waals surface area contributed by atoms with E-state index in [0.29, 0.717) is 5.82 Å². The van der Waals surface area contributed by atoms with Crippen LogP contribution < -0.4 is 5.73 Å². The maximum Gasteiger partial charge on any atom is 0.167 e. The summed E-state index contributed by atoms with van der Waals surface area (Å²) in [7, 11) is 0. The first-order chi connectivity index (χ1) is 3.29.